The molecule has 8 heteroatoms. The van der Waals surface area contributed by atoms with Gasteiger partial charge in [-0.2, -0.15) is 11.8 Å². The number of nitrogens with zero attached hydrogens (tertiary/aromatic N) is 4. The summed E-state index contributed by atoms with van der Waals surface area (Å²) in [6.07, 6.45) is 5.02. The van der Waals surface area contributed by atoms with Gasteiger partial charge in [0, 0.05) is 17.1 Å². The second-order valence-corrected chi connectivity index (χ2v) is 8.92. The molecule has 6 nitrogen and oxygen atoms in total. The number of pyridine rings is 1. The molecule has 0 aliphatic rings. The van der Waals surface area contributed by atoms with Crippen molar-refractivity contribution in [3.63, 3.8) is 0 Å². The molecule has 3 heterocycles. The lowest BCUT2D eigenvalue weighted by Gasteiger charge is -2.16. The van der Waals surface area contributed by atoms with Crippen LogP contribution in [0.5, 0.6) is 0 Å². The predicted molar refractivity (Wildman–Crippen MR) is 123 cm³/mol. The minimum atomic E-state index is -0.197. The number of carbonyl (C=O) groups is 1. The number of carbonyl (C=O) groups excluding carboxylic acids is 1. The van der Waals surface area contributed by atoms with E-state index in [2.05, 4.69) is 57.9 Å². The topological polar surface area (TPSA) is 72.2 Å². The van der Waals surface area contributed by atoms with Gasteiger partial charge in [0.05, 0.1) is 18.2 Å². The van der Waals surface area contributed by atoms with E-state index in [4.69, 9.17) is 0 Å². The van der Waals surface area contributed by atoms with Crippen molar-refractivity contribution >= 4 is 34.7 Å². The average molecular weight is 438 g/mol. The Labute approximate surface area is 183 Å². The summed E-state index contributed by atoms with van der Waals surface area (Å²) in [5, 5.41) is 14.6. The Morgan fingerprint density at radius 3 is 2.83 bits per heavy atom. The van der Waals surface area contributed by atoms with Gasteiger partial charge in [-0.3, -0.25) is 9.20 Å². The summed E-state index contributed by atoms with van der Waals surface area (Å²) in [6, 6.07) is 13.8. The molecule has 1 amide bonds. The summed E-state index contributed by atoms with van der Waals surface area (Å²) in [4.78, 5) is 17.4. The summed E-state index contributed by atoms with van der Waals surface area (Å²) in [7, 11) is 0. The van der Waals surface area contributed by atoms with E-state index < -0.39 is 0 Å². The van der Waals surface area contributed by atoms with Crippen molar-refractivity contribution in [1.82, 2.24) is 24.9 Å². The summed E-state index contributed by atoms with van der Waals surface area (Å²) in [5.41, 5.74) is 3.85. The van der Waals surface area contributed by atoms with Gasteiger partial charge < -0.3 is 5.32 Å². The molecule has 154 valence electrons. The van der Waals surface area contributed by atoms with Crippen LogP contribution >= 0.6 is 23.1 Å². The Bertz CT molecular complexity index is 1140. The number of fused-ring (bicyclic) bond motifs is 1. The molecule has 4 rings (SSSR count). The largest absolute Gasteiger partial charge is 0.346 e. The fraction of sp³-hybridized carbons (Fsp3) is 0.273. The van der Waals surface area contributed by atoms with Gasteiger partial charge in [-0.1, -0.05) is 35.9 Å². The molecule has 30 heavy (non-hydrogen) atoms. The molecule has 1 atom stereocenters. The van der Waals surface area contributed by atoms with Crippen LogP contribution in [0.2, 0.25) is 0 Å². The van der Waals surface area contributed by atoms with E-state index >= 15 is 0 Å². The first-order valence-electron chi connectivity index (χ1n) is 9.73. The number of thioether (sulfide) groups is 1. The highest BCUT2D eigenvalue weighted by Crippen LogP contribution is 2.24. The first-order valence-corrected chi connectivity index (χ1v) is 12.0. The highest BCUT2D eigenvalue weighted by Gasteiger charge is 2.21. The Kier molecular flexibility index (Phi) is 6.44. The summed E-state index contributed by atoms with van der Waals surface area (Å²) in [6.45, 7) is 2.06. The zero-order valence-electron chi connectivity index (χ0n) is 16.9. The quantitative estimate of drug-likeness (QED) is 0.445. The van der Waals surface area contributed by atoms with Crippen LogP contribution in [-0.2, 0) is 11.2 Å². The molecule has 1 aromatic carbocycles. The number of aromatic nitrogens is 4. The lowest BCUT2D eigenvalue weighted by atomic mass is 10.1. The highest BCUT2D eigenvalue weighted by molar-refractivity contribution is 7.98. The Morgan fingerprint density at radius 2 is 2.03 bits per heavy atom. The van der Waals surface area contributed by atoms with Crippen molar-refractivity contribution in [1.29, 1.82) is 0 Å². The SMILES string of the molecule is CSCCC(NC(=O)Cc1csc(-c2ccc(C)cc2)n1)c1nnc2ccccn12. The monoisotopic (exact) mass is 437 g/mol. The molecule has 0 bridgehead atoms. The number of hydrogen-bond acceptors (Lipinski definition) is 6. The number of hydrogen-bond donors (Lipinski definition) is 1. The van der Waals surface area contributed by atoms with E-state index in [1.54, 1.807) is 23.1 Å². The molecule has 4 aromatic rings. The number of nitrogens with one attached hydrogen (secondary N) is 1. The van der Waals surface area contributed by atoms with Crippen LogP contribution in [0.15, 0.2) is 54.0 Å². The minimum absolute atomic E-state index is 0.0606. The van der Waals surface area contributed by atoms with E-state index in [1.807, 2.05) is 34.2 Å². The lowest BCUT2D eigenvalue weighted by Crippen LogP contribution is -2.31. The molecular weight excluding hydrogens is 414 g/mol. The van der Waals surface area contributed by atoms with Crippen LogP contribution < -0.4 is 5.32 Å². The second kappa shape index (κ2) is 9.40. The van der Waals surface area contributed by atoms with Crippen LogP contribution in [0.1, 0.15) is 29.5 Å². The molecule has 0 saturated heterocycles. The van der Waals surface area contributed by atoms with Gasteiger partial charge >= 0.3 is 0 Å². The van der Waals surface area contributed by atoms with Gasteiger partial charge in [0.15, 0.2) is 11.5 Å². The van der Waals surface area contributed by atoms with E-state index in [0.29, 0.717) is 0 Å². The van der Waals surface area contributed by atoms with Crippen molar-refractivity contribution < 1.29 is 4.79 Å². The van der Waals surface area contributed by atoms with Gasteiger partial charge in [0.1, 0.15) is 5.01 Å². The standard InChI is InChI=1S/C22H23N5OS2/c1-15-6-8-16(9-7-15)22-23-17(14-30-22)13-20(28)24-18(10-12-29-2)21-26-25-19-5-3-4-11-27(19)21/h3-9,11,14,18H,10,12-13H2,1-2H3,(H,24,28). The maximum absolute atomic E-state index is 12.8. The van der Waals surface area contributed by atoms with E-state index in [1.165, 1.54) is 5.56 Å². The first kappa shape index (κ1) is 20.6. The molecule has 3 aromatic heterocycles. The molecule has 1 N–H and O–H groups in total. The molecule has 0 fully saturated rings. The normalized spacial score (nSPS) is 12.2. The third-order valence-corrected chi connectivity index (χ3v) is 6.37. The molecule has 0 saturated carbocycles. The fourth-order valence-corrected chi connectivity index (χ4v) is 4.52. The van der Waals surface area contributed by atoms with Gasteiger partial charge in [0.25, 0.3) is 0 Å². The number of aryl methyl sites for hydroxylation is 1. The third-order valence-electron chi connectivity index (χ3n) is 4.79. The molecule has 0 aliphatic carbocycles. The third kappa shape index (κ3) is 4.71. The Hall–Kier alpha value is -2.71. The highest BCUT2D eigenvalue weighted by atomic mass is 32.2. The minimum Gasteiger partial charge on any atom is -0.346 e. The predicted octanol–water partition coefficient (Wildman–Crippen LogP) is 4.31. The fourth-order valence-electron chi connectivity index (χ4n) is 3.23. The number of amides is 1. The Morgan fingerprint density at radius 1 is 1.20 bits per heavy atom. The lowest BCUT2D eigenvalue weighted by molar-refractivity contribution is -0.121. The maximum atomic E-state index is 12.8. The summed E-state index contributed by atoms with van der Waals surface area (Å²) < 4.78 is 1.93. The molecule has 0 aliphatic heterocycles. The van der Waals surface area contributed by atoms with Gasteiger partial charge in [-0.05, 0) is 37.5 Å². The number of benzene rings is 1. The molecule has 0 spiro atoms. The van der Waals surface area contributed by atoms with Gasteiger partial charge in [0.2, 0.25) is 5.91 Å². The zero-order valence-corrected chi connectivity index (χ0v) is 18.5. The van der Waals surface area contributed by atoms with Crippen molar-refractivity contribution in [2.45, 2.75) is 25.8 Å². The second-order valence-electron chi connectivity index (χ2n) is 7.08. The first-order chi connectivity index (χ1) is 14.6. The van der Waals surface area contributed by atoms with Crippen LogP contribution in [0.3, 0.4) is 0 Å². The van der Waals surface area contributed by atoms with Crippen LogP contribution in [0.25, 0.3) is 16.2 Å². The maximum Gasteiger partial charge on any atom is 0.226 e. The average Bonchev–Trinajstić information content (AvgIpc) is 3.39. The van der Waals surface area contributed by atoms with Crippen LogP contribution in [-0.4, -0.2) is 37.5 Å². The van der Waals surface area contributed by atoms with E-state index in [-0.39, 0.29) is 18.4 Å². The van der Waals surface area contributed by atoms with Crippen molar-refractivity contribution in [3.8, 4) is 10.6 Å². The van der Waals surface area contributed by atoms with E-state index in [0.717, 1.165) is 39.9 Å². The van der Waals surface area contributed by atoms with E-state index in [9.17, 15) is 4.79 Å². The van der Waals surface area contributed by atoms with Crippen molar-refractivity contribution in [3.05, 3.63) is 71.1 Å². The van der Waals surface area contributed by atoms with Crippen molar-refractivity contribution in [2.75, 3.05) is 12.0 Å². The van der Waals surface area contributed by atoms with Crippen molar-refractivity contribution in [2.24, 2.45) is 0 Å². The smallest absolute Gasteiger partial charge is 0.226 e. The number of rotatable bonds is 8. The van der Waals surface area contributed by atoms with Gasteiger partial charge in [-0.15, -0.1) is 21.5 Å². The zero-order chi connectivity index (χ0) is 20.9. The molecular formula is C22H23N5OS2. The number of thiazole rings is 1. The summed E-state index contributed by atoms with van der Waals surface area (Å²) in [5.74, 6) is 1.61. The van der Waals surface area contributed by atoms with Crippen LogP contribution in [0, 0.1) is 6.92 Å². The van der Waals surface area contributed by atoms with Gasteiger partial charge in [-0.25, -0.2) is 4.98 Å². The summed E-state index contributed by atoms with van der Waals surface area (Å²) >= 11 is 3.31. The molecule has 0 radical (unpaired) electrons. The molecule has 1 unspecified atom stereocenters. The Balaban J connectivity index is 1.47. The van der Waals surface area contributed by atoms with Crippen LogP contribution in [0.4, 0.5) is 0 Å².